The maximum Gasteiger partial charge on any atom is 0.223 e. The molecule has 0 radical (unpaired) electrons. The summed E-state index contributed by atoms with van der Waals surface area (Å²) in [6, 6.07) is 0.553. The zero-order valence-corrected chi connectivity index (χ0v) is 10.7. The van der Waals surface area contributed by atoms with Crippen molar-refractivity contribution < 1.29 is 9.53 Å². The first-order valence-electron chi connectivity index (χ1n) is 6.55. The van der Waals surface area contributed by atoms with E-state index in [0.29, 0.717) is 12.5 Å². The molecule has 98 valence electrons. The van der Waals surface area contributed by atoms with Gasteiger partial charge in [-0.25, -0.2) is 0 Å². The molecule has 0 aromatic rings. The van der Waals surface area contributed by atoms with Crippen LogP contribution in [0.15, 0.2) is 0 Å². The SMILES string of the molecule is CNCCC(=O)N1CCC(N2CCOCC2)C1. The predicted molar refractivity (Wildman–Crippen MR) is 65.9 cm³/mol. The number of rotatable bonds is 4. The minimum absolute atomic E-state index is 0.287. The number of ether oxygens (including phenoxy) is 1. The molecule has 17 heavy (non-hydrogen) atoms. The van der Waals surface area contributed by atoms with Gasteiger partial charge in [-0.2, -0.15) is 0 Å². The zero-order valence-electron chi connectivity index (χ0n) is 10.7. The smallest absolute Gasteiger partial charge is 0.223 e. The topological polar surface area (TPSA) is 44.8 Å². The Bertz CT molecular complexity index is 254. The lowest BCUT2D eigenvalue weighted by molar-refractivity contribution is -0.130. The second-order valence-electron chi connectivity index (χ2n) is 4.78. The Morgan fingerprint density at radius 1 is 1.35 bits per heavy atom. The van der Waals surface area contributed by atoms with Crippen LogP contribution in [0, 0.1) is 0 Å². The van der Waals surface area contributed by atoms with E-state index in [-0.39, 0.29) is 5.91 Å². The van der Waals surface area contributed by atoms with Crippen LogP contribution in [0.2, 0.25) is 0 Å². The molecular formula is C12H23N3O2. The van der Waals surface area contributed by atoms with Crippen LogP contribution in [-0.4, -0.2) is 74.7 Å². The van der Waals surface area contributed by atoms with Crippen LogP contribution >= 0.6 is 0 Å². The largest absolute Gasteiger partial charge is 0.379 e. The van der Waals surface area contributed by atoms with Gasteiger partial charge >= 0.3 is 0 Å². The molecule has 1 unspecified atom stereocenters. The lowest BCUT2D eigenvalue weighted by Gasteiger charge is -2.32. The molecule has 1 N–H and O–H groups in total. The fraction of sp³-hybridized carbons (Fsp3) is 0.917. The number of morpholine rings is 1. The third-order valence-corrected chi connectivity index (χ3v) is 3.67. The number of carbonyl (C=O) groups is 1. The van der Waals surface area contributed by atoms with Gasteiger partial charge in [0.2, 0.25) is 5.91 Å². The maximum atomic E-state index is 11.9. The van der Waals surface area contributed by atoms with Gasteiger partial charge in [0.15, 0.2) is 0 Å². The Balaban J connectivity index is 1.76. The molecule has 2 aliphatic heterocycles. The molecule has 1 atom stereocenters. The van der Waals surface area contributed by atoms with Crippen molar-refractivity contribution in [2.24, 2.45) is 0 Å². The summed E-state index contributed by atoms with van der Waals surface area (Å²) in [5, 5.41) is 3.02. The molecule has 2 fully saturated rings. The third-order valence-electron chi connectivity index (χ3n) is 3.67. The molecule has 0 aliphatic carbocycles. The van der Waals surface area contributed by atoms with Gasteiger partial charge in [-0.1, -0.05) is 0 Å². The summed E-state index contributed by atoms with van der Waals surface area (Å²) in [7, 11) is 1.88. The van der Waals surface area contributed by atoms with Crippen molar-refractivity contribution >= 4 is 5.91 Å². The summed E-state index contributed by atoms with van der Waals surface area (Å²) >= 11 is 0. The number of hydrogen-bond acceptors (Lipinski definition) is 4. The lowest BCUT2D eigenvalue weighted by atomic mass is 10.2. The maximum absolute atomic E-state index is 11.9. The quantitative estimate of drug-likeness (QED) is 0.723. The number of carbonyl (C=O) groups excluding carboxylic acids is 1. The van der Waals surface area contributed by atoms with Gasteiger partial charge in [0.25, 0.3) is 0 Å². The zero-order chi connectivity index (χ0) is 12.1. The van der Waals surface area contributed by atoms with Crippen molar-refractivity contribution in [1.29, 1.82) is 0 Å². The second kappa shape index (κ2) is 6.33. The summed E-state index contributed by atoms with van der Waals surface area (Å²) in [6.45, 7) is 6.31. The Hall–Kier alpha value is -0.650. The van der Waals surface area contributed by atoms with Crippen molar-refractivity contribution in [3.05, 3.63) is 0 Å². The second-order valence-corrected chi connectivity index (χ2v) is 4.78. The van der Waals surface area contributed by atoms with Crippen LogP contribution in [0.5, 0.6) is 0 Å². The van der Waals surface area contributed by atoms with Gasteiger partial charge in [0.1, 0.15) is 0 Å². The first-order valence-corrected chi connectivity index (χ1v) is 6.55. The van der Waals surface area contributed by atoms with Gasteiger partial charge in [-0.05, 0) is 13.5 Å². The van der Waals surface area contributed by atoms with Crippen LogP contribution < -0.4 is 5.32 Å². The van der Waals surface area contributed by atoms with E-state index in [9.17, 15) is 4.79 Å². The predicted octanol–water partition coefficient (Wildman–Crippen LogP) is -0.471. The summed E-state index contributed by atoms with van der Waals surface area (Å²) < 4.78 is 5.36. The average molecular weight is 241 g/mol. The number of amides is 1. The molecule has 2 saturated heterocycles. The molecule has 2 aliphatic rings. The molecule has 2 rings (SSSR count). The fourth-order valence-electron chi connectivity index (χ4n) is 2.60. The highest BCUT2D eigenvalue weighted by Gasteiger charge is 2.30. The average Bonchev–Trinajstić information content (AvgIpc) is 2.86. The molecule has 0 bridgehead atoms. The van der Waals surface area contributed by atoms with Gasteiger partial charge < -0.3 is 15.0 Å². The first-order chi connectivity index (χ1) is 8.31. The molecule has 5 nitrogen and oxygen atoms in total. The van der Waals surface area contributed by atoms with Gasteiger partial charge in [0.05, 0.1) is 13.2 Å². The fourth-order valence-corrected chi connectivity index (χ4v) is 2.60. The molecule has 0 saturated carbocycles. The van der Waals surface area contributed by atoms with E-state index in [4.69, 9.17) is 4.74 Å². The Morgan fingerprint density at radius 3 is 2.82 bits per heavy atom. The minimum Gasteiger partial charge on any atom is -0.379 e. The van der Waals surface area contributed by atoms with Gasteiger partial charge in [-0.3, -0.25) is 9.69 Å². The Morgan fingerprint density at radius 2 is 2.12 bits per heavy atom. The van der Waals surface area contributed by atoms with Crippen LogP contribution in [0.1, 0.15) is 12.8 Å². The first kappa shape index (κ1) is 12.8. The van der Waals surface area contributed by atoms with E-state index >= 15 is 0 Å². The van der Waals surface area contributed by atoms with E-state index in [1.165, 1.54) is 0 Å². The highest BCUT2D eigenvalue weighted by Crippen LogP contribution is 2.17. The molecule has 0 aromatic carbocycles. The van der Waals surface area contributed by atoms with E-state index in [1.54, 1.807) is 0 Å². The molecule has 2 heterocycles. The highest BCUT2D eigenvalue weighted by atomic mass is 16.5. The van der Waals surface area contributed by atoms with E-state index in [0.717, 1.165) is 52.4 Å². The highest BCUT2D eigenvalue weighted by molar-refractivity contribution is 5.76. The number of hydrogen-bond donors (Lipinski definition) is 1. The summed E-state index contributed by atoms with van der Waals surface area (Å²) in [6.07, 6.45) is 1.73. The van der Waals surface area contributed by atoms with Crippen molar-refractivity contribution in [3.63, 3.8) is 0 Å². The molecular weight excluding hydrogens is 218 g/mol. The van der Waals surface area contributed by atoms with E-state index < -0.39 is 0 Å². The molecule has 1 amide bonds. The van der Waals surface area contributed by atoms with Crippen LogP contribution in [0.3, 0.4) is 0 Å². The Kier molecular flexibility index (Phi) is 4.76. The third kappa shape index (κ3) is 3.40. The summed E-state index contributed by atoms with van der Waals surface area (Å²) in [5.74, 6) is 0.287. The molecule has 0 spiro atoms. The van der Waals surface area contributed by atoms with Crippen molar-refractivity contribution in [3.8, 4) is 0 Å². The summed E-state index contributed by atoms with van der Waals surface area (Å²) in [5.41, 5.74) is 0. The minimum atomic E-state index is 0.287. The van der Waals surface area contributed by atoms with Crippen molar-refractivity contribution in [2.45, 2.75) is 18.9 Å². The van der Waals surface area contributed by atoms with E-state index in [1.807, 2.05) is 11.9 Å². The van der Waals surface area contributed by atoms with Crippen molar-refractivity contribution in [1.82, 2.24) is 15.1 Å². The van der Waals surface area contributed by atoms with Crippen molar-refractivity contribution in [2.75, 3.05) is 53.0 Å². The number of likely N-dealkylation sites (tertiary alicyclic amines) is 1. The molecule has 5 heteroatoms. The number of nitrogens with one attached hydrogen (secondary N) is 1. The Labute approximate surface area is 103 Å². The normalized spacial score (nSPS) is 26.4. The summed E-state index contributed by atoms with van der Waals surface area (Å²) in [4.78, 5) is 16.4. The van der Waals surface area contributed by atoms with Gasteiger partial charge in [0, 0.05) is 45.2 Å². The number of nitrogens with zero attached hydrogens (tertiary/aromatic N) is 2. The van der Waals surface area contributed by atoms with E-state index in [2.05, 4.69) is 10.2 Å². The lowest BCUT2D eigenvalue weighted by Crippen LogP contribution is -2.45. The molecule has 0 aromatic heterocycles. The van der Waals surface area contributed by atoms with Crippen LogP contribution in [0.4, 0.5) is 0 Å². The van der Waals surface area contributed by atoms with Crippen LogP contribution in [0.25, 0.3) is 0 Å². The standard InChI is InChI=1S/C12H23N3O2/c1-13-4-2-12(16)15-5-3-11(10-15)14-6-8-17-9-7-14/h11,13H,2-10H2,1H3. The van der Waals surface area contributed by atoms with Crippen LogP contribution in [-0.2, 0) is 9.53 Å². The monoisotopic (exact) mass is 241 g/mol. The van der Waals surface area contributed by atoms with Gasteiger partial charge in [-0.15, -0.1) is 0 Å².